The number of sulfonamides is 1. The number of hydrazone groups is 1. The molecule has 1 saturated heterocycles. The number of nitro benzene ring substituents is 1. The molecule has 0 amide bonds. The summed E-state index contributed by atoms with van der Waals surface area (Å²) >= 11 is 0. The molecule has 10 nitrogen and oxygen atoms in total. The smallest absolute Gasteiger partial charge is 0.270 e. The van der Waals surface area contributed by atoms with E-state index in [1.807, 2.05) is 0 Å². The van der Waals surface area contributed by atoms with E-state index in [9.17, 15) is 18.5 Å². The Bertz CT molecular complexity index is 964. The Morgan fingerprint density at radius 2 is 2.00 bits per heavy atom. The van der Waals surface area contributed by atoms with Crippen molar-refractivity contribution in [3.8, 4) is 0 Å². The average molecular weight is 408 g/mol. The van der Waals surface area contributed by atoms with Gasteiger partial charge in [0.2, 0.25) is 10.0 Å². The summed E-state index contributed by atoms with van der Waals surface area (Å²) in [5.74, 6) is 0.467. The standard InChI is InChI=1S/C17H20N4O6S/c1-12-10-20(11-13(2)27-12)28(24,25)17-8-14(21(22)23)5-6-16(17)19-18-9-15-4-3-7-26-15/h3-9,12-13,19H,10-11H2,1-2H3/b18-9-/t12-,13+. The number of furan rings is 1. The fraction of sp³-hybridized carbons (Fsp3) is 0.353. The van der Waals surface area contributed by atoms with Crippen molar-refractivity contribution in [2.75, 3.05) is 18.5 Å². The molecule has 1 aliphatic heterocycles. The highest BCUT2D eigenvalue weighted by atomic mass is 32.2. The number of morpholine rings is 1. The van der Waals surface area contributed by atoms with E-state index in [2.05, 4.69) is 10.5 Å². The normalized spacial score (nSPS) is 21.1. The molecule has 1 aromatic heterocycles. The number of nitro groups is 1. The second kappa shape index (κ2) is 8.09. The number of nitrogens with one attached hydrogen (secondary N) is 1. The van der Waals surface area contributed by atoms with E-state index in [1.165, 1.54) is 28.9 Å². The summed E-state index contributed by atoms with van der Waals surface area (Å²) in [6.45, 7) is 3.87. The molecule has 2 heterocycles. The molecule has 0 radical (unpaired) electrons. The topological polar surface area (TPSA) is 127 Å². The van der Waals surface area contributed by atoms with Crippen LogP contribution < -0.4 is 5.43 Å². The molecule has 1 fully saturated rings. The number of hydrogen-bond donors (Lipinski definition) is 1. The highest BCUT2D eigenvalue weighted by molar-refractivity contribution is 7.89. The van der Waals surface area contributed by atoms with Crippen LogP contribution in [-0.2, 0) is 14.8 Å². The van der Waals surface area contributed by atoms with Gasteiger partial charge >= 0.3 is 0 Å². The van der Waals surface area contributed by atoms with Gasteiger partial charge in [0, 0.05) is 25.2 Å². The maximum Gasteiger partial charge on any atom is 0.270 e. The zero-order valence-corrected chi connectivity index (χ0v) is 16.1. The van der Waals surface area contributed by atoms with Crippen molar-refractivity contribution in [1.29, 1.82) is 0 Å². The number of hydrogen-bond acceptors (Lipinski definition) is 8. The second-order valence-electron chi connectivity index (χ2n) is 6.40. The minimum Gasteiger partial charge on any atom is -0.463 e. The van der Waals surface area contributed by atoms with Crippen molar-refractivity contribution in [3.63, 3.8) is 0 Å². The Kier molecular flexibility index (Phi) is 5.77. The maximum absolute atomic E-state index is 13.2. The van der Waals surface area contributed by atoms with Gasteiger partial charge in [-0.05, 0) is 32.0 Å². The SMILES string of the molecule is C[C@@H]1CN(S(=O)(=O)c2cc([N+](=O)[O-])ccc2N/N=C\c2ccco2)C[C@H](C)O1. The first-order chi connectivity index (χ1) is 13.3. The molecular weight excluding hydrogens is 388 g/mol. The summed E-state index contributed by atoms with van der Waals surface area (Å²) in [5, 5.41) is 15.1. The van der Waals surface area contributed by atoms with Crippen molar-refractivity contribution in [2.24, 2.45) is 5.10 Å². The monoisotopic (exact) mass is 408 g/mol. The number of ether oxygens (including phenoxy) is 1. The lowest BCUT2D eigenvalue weighted by molar-refractivity contribution is -0.385. The Morgan fingerprint density at radius 1 is 1.29 bits per heavy atom. The molecule has 0 spiro atoms. The van der Waals surface area contributed by atoms with Gasteiger partial charge in [-0.15, -0.1) is 0 Å². The first-order valence-corrected chi connectivity index (χ1v) is 9.98. The first-order valence-electron chi connectivity index (χ1n) is 8.54. The molecule has 1 aromatic carbocycles. The molecule has 11 heteroatoms. The number of benzene rings is 1. The zero-order chi connectivity index (χ0) is 20.3. The molecule has 0 aliphatic carbocycles. The second-order valence-corrected chi connectivity index (χ2v) is 8.31. The van der Waals surface area contributed by atoms with Crippen LogP contribution in [0.2, 0.25) is 0 Å². The Balaban J connectivity index is 1.96. The summed E-state index contributed by atoms with van der Waals surface area (Å²) in [6, 6.07) is 6.93. The van der Waals surface area contributed by atoms with Crippen LogP contribution in [0, 0.1) is 10.1 Å². The molecule has 1 N–H and O–H groups in total. The zero-order valence-electron chi connectivity index (χ0n) is 15.3. The molecule has 28 heavy (non-hydrogen) atoms. The fourth-order valence-electron chi connectivity index (χ4n) is 2.93. The van der Waals surface area contributed by atoms with Gasteiger partial charge in [-0.25, -0.2) is 8.42 Å². The Morgan fingerprint density at radius 3 is 2.61 bits per heavy atom. The lowest BCUT2D eigenvalue weighted by Gasteiger charge is -2.34. The Hall–Kier alpha value is -2.76. The van der Waals surface area contributed by atoms with Gasteiger partial charge in [0.15, 0.2) is 0 Å². The van der Waals surface area contributed by atoms with E-state index in [-0.39, 0.29) is 41.6 Å². The van der Waals surface area contributed by atoms with Crippen LogP contribution in [0.1, 0.15) is 19.6 Å². The molecule has 0 saturated carbocycles. The summed E-state index contributed by atoms with van der Waals surface area (Å²) in [5.41, 5.74) is 2.43. The summed E-state index contributed by atoms with van der Waals surface area (Å²) in [6.07, 6.45) is 2.27. The van der Waals surface area contributed by atoms with Crippen molar-refractivity contribution in [3.05, 3.63) is 52.5 Å². The predicted molar refractivity (Wildman–Crippen MR) is 102 cm³/mol. The molecule has 150 valence electrons. The third-order valence-electron chi connectivity index (χ3n) is 4.10. The number of anilines is 1. The van der Waals surface area contributed by atoms with Gasteiger partial charge in [-0.2, -0.15) is 9.41 Å². The van der Waals surface area contributed by atoms with E-state index in [0.717, 1.165) is 6.07 Å². The van der Waals surface area contributed by atoms with E-state index in [4.69, 9.17) is 9.15 Å². The van der Waals surface area contributed by atoms with Crippen LogP contribution in [0.15, 0.2) is 51.0 Å². The first kappa shape index (κ1) is 20.0. The van der Waals surface area contributed by atoms with Crippen LogP contribution in [0.5, 0.6) is 0 Å². The highest BCUT2D eigenvalue weighted by Gasteiger charge is 2.34. The van der Waals surface area contributed by atoms with Gasteiger partial charge in [0.1, 0.15) is 10.7 Å². The van der Waals surface area contributed by atoms with Gasteiger partial charge in [0.05, 0.1) is 35.3 Å². The molecule has 2 atom stereocenters. The maximum atomic E-state index is 13.2. The third-order valence-corrected chi connectivity index (χ3v) is 5.97. The molecule has 3 rings (SSSR count). The molecule has 1 aliphatic rings. The van der Waals surface area contributed by atoms with E-state index in [0.29, 0.717) is 5.76 Å². The largest absolute Gasteiger partial charge is 0.463 e. The van der Waals surface area contributed by atoms with Crippen molar-refractivity contribution in [2.45, 2.75) is 31.0 Å². The highest BCUT2D eigenvalue weighted by Crippen LogP contribution is 2.30. The quantitative estimate of drug-likeness (QED) is 0.442. The van der Waals surface area contributed by atoms with Crippen LogP contribution in [0.3, 0.4) is 0 Å². The van der Waals surface area contributed by atoms with Crippen LogP contribution in [0.4, 0.5) is 11.4 Å². The number of nitrogens with zero attached hydrogens (tertiary/aromatic N) is 3. The minimum absolute atomic E-state index is 0.125. The van der Waals surface area contributed by atoms with Crippen LogP contribution >= 0.6 is 0 Å². The Labute approximate surface area is 162 Å². The molecular formula is C17H20N4O6S. The molecule has 2 aromatic rings. The number of non-ortho nitro benzene ring substituents is 1. The minimum atomic E-state index is -4.01. The van der Waals surface area contributed by atoms with Gasteiger partial charge in [0.25, 0.3) is 5.69 Å². The lowest BCUT2D eigenvalue weighted by atomic mass is 10.3. The molecule has 0 unspecified atom stereocenters. The van der Waals surface area contributed by atoms with Gasteiger partial charge in [-0.3, -0.25) is 15.5 Å². The summed E-state index contributed by atoms with van der Waals surface area (Å²) in [7, 11) is -4.01. The van der Waals surface area contributed by atoms with E-state index < -0.39 is 14.9 Å². The molecule has 0 bridgehead atoms. The van der Waals surface area contributed by atoms with Crippen LogP contribution in [-0.4, -0.2) is 49.2 Å². The lowest BCUT2D eigenvalue weighted by Crippen LogP contribution is -2.48. The van der Waals surface area contributed by atoms with Gasteiger partial charge in [-0.1, -0.05) is 0 Å². The van der Waals surface area contributed by atoms with E-state index >= 15 is 0 Å². The van der Waals surface area contributed by atoms with Crippen LogP contribution in [0.25, 0.3) is 0 Å². The van der Waals surface area contributed by atoms with Gasteiger partial charge < -0.3 is 9.15 Å². The summed E-state index contributed by atoms with van der Waals surface area (Å²) in [4.78, 5) is 10.3. The van der Waals surface area contributed by atoms with E-state index in [1.54, 1.807) is 26.0 Å². The fourth-order valence-corrected chi connectivity index (χ4v) is 4.68. The summed E-state index contributed by atoms with van der Waals surface area (Å²) < 4.78 is 38.4. The van der Waals surface area contributed by atoms with Crippen molar-refractivity contribution < 1.29 is 22.5 Å². The average Bonchev–Trinajstić information content (AvgIpc) is 3.14. The van der Waals surface area contributed by atoms with Crippen molar-refractivity contribution in [1.82, 2.24) is 4.31 Å². The number of rotatable bonds is 6. The third kappa shape index (κ3) is 4.38. The van der Waals surface area contributed by atoms with Crippen molar-refractivity contribution >= 4 is 27.6 Å². The predicted octanol–water partition coefficient (Wildman–Crippen LogP) is 2.43.